The monoisotopic (exact) mass is 360 g/mol. The van der Waals surface area contributed by atoms with Crippen molar-refractivity contribution in [3.8, 4) is 0 Å². The van der Waals surface area contributed by atoms with Crippen LogP contribution in [0.15, 0.2) is 24.3 Å². The number of amides is 2. The van der Waals surface area contributed by atoms with Crippen LogP contribution in [-0.2, 0) is 4.79 Å². The Hall–Kier alpha value is -1.92. The zero-order valence-corrected chi connectivity index (χ0v) is 16.0. The Morgan fingerprint density at radius 1 is 1.12 bits per heavy atom. The zero-order valence-electron chi connectivity index (χ0n) is 16.0. The van der Waals surface area contributed by atoms with E-state index < -0.39 is 5.41 Å². The number of hydrogen-bond donors (Lipinski definition) is 3. The van der Waals surface area contributed by atoms with E-state index in [4.69, 9.17) is 5.73 Å². The summed E-state index contributed by atoms with van der Waals surface area (Å²) in [6, 6.07) is 7.01. The number of carbonyl (C=O) groups excluding carboxylic acids is 2. The van der Waals surface area contributed by atoms with E-state index in [1.54, 1.807) is 24.3 Å². The summed E-state index contributed by atoms with van der Waals surface area (Å²) in [6.07, 6.45) is 3.90. The highest BCUT2D eigenvalue weighted by molar-refractivity contribution is 5.97. The van der Waals surface area contributed by atoms with Gasteiger partial charge in [-0.2, -0.15) is 0 Å². The van der Waals surface area contributed by atoms with Gasteiger partial charge in [0.1, 0.15) is 0 Å². The fraction of sp³-hybridized carbons (Fsp3) is 0.600. The molecule has 1 fully saturated rings. The Morgan fingerprint density at radius 3 is 2.27 bits per heavy atom. The lowest BCUT2D eigenvalue weighted by atomic mass is 9.81. The molecule has 0 atom stereocenters. The van der Waals surface area contributed by atoms with E-state index in [9.17, 15) is 9.59 Å². The summed E-state index contributed by atoms with van der Waals surface area (Å²) in [6.45, 7) is 8.09. The predicted octanol–water partition coefficient (Wildman–Crippen LogP) is 2.22. The van der Waals surface area contributed by atoms with Crippen LogP contribution in [0, 0.1) is 5.41 Å². The number of hydrogen-bond acceptors (Lipinski definition) is 4. The first-order valence-electron chi connectivity index (χ1n) is 9.66. The SMILES string of the molecule is CCC(CC)(CN)C(=O)Nc1ccc(C(=O)NCCN2CCCC2)cc1. The van der Waals surface area contributed by atoms with Gasteiger partial charge in [0.2, 0.25) is 5.91 Å². The standard InChI is InChI=1S/C20H32N4O2/c1-3-20(4-2,15-21)19(26)23-17-9-7-16(8-10-17)18(25)22-11-14-24-12-5-6-13-24/h7-10H,3-6,11-15,21H2,1-2H3,(H,22,25)(H,23,26). The maximum atomic E-state index is 12.5. The van der Waals surface area contributed by atoms with Crippen molar-refractivity contribution in [1.82, 2.24) is 10.2 Å². The van der Waals surface area contributed by atoms with Gasteiger partial charge in [0.15, 0.2) is 0 Å². The molecule has 2 amide bonds. The van der Waals surface area contributed by atoms with Gasteiger partial charge < -0.3 is 21.3 Å². The number of nitrogens with zero attached hydrogens (tertiary/aromatic N) is 1. The van der Waals surface area contributed by atoms with Crippen LogP contribution in [0.25, 0.3) is 0 Å². The molecule has 26 heavy (non-hydrogen) atoms. The molecule has 1 aromatic carbocycles. The molecule has 0 bridgehead atoms. The third-order valence-corrected chi connectivity index (χ3v) is 5.54. The summed E-state index contributed by atoms with van der Waals surface area (Å²) < 4.78 is 0. The summed E-state index contributed by atoms with van der Waals surface area (Å²) in [7, 11) is 0. The fourth-order valence-corrected chi connectivity index (χ4v) is 3.36. The summed E-state index contributed by atoms with van der Waals surface area (Å²) in [4.78, 5) is 27.1. The second kappa shape index (κ2) is 9.69. The maximum Gasteiger partial charge on any atom is 0.251 e. The molecule has 1 saturated heterocycles. The predicted molar refractivity (Wildman–Crippen MR) is 105 cm³/mol. The van der Waals surface area contributed by atoms with Crippen LogP contribution >= 0.6 is 0 Å². The number of nitrogens with one attached hydrogen (secondary N) is 2. The van der Waals surface area contributed by atoms with E-state index >= 15 is 0 Å². The minimum Gasteiger partial charge on any atom is -0.351 e. The van der Waals surface area contributed by atoms with Gasteiger partial charge in [-0.1, -0.05) is 13.8 Å². The van der Waals surface area contributed by atoms with Gasteiger partial charge in [0.05, 0.1) is 5.41 Å². The highest BCUT2D eigenvalue weighted by Crippen LogP contribution is 2.27. The van der Waals surface area contributed by atoms with E-state index in [0.29, 0.717) is 37.2 Å². The van der Waals surface area contributed by atoms with Gasteiger partial charge in [-0.05, 0) is 63.0 Å². The van der Waals surface area contributed by atoms with Gasteiger partial charge in [-0.15, -0.1) is 0 Å². The number of benzene rings is 1. The summed E-state index contributed by atoms with van der Waals surface area (Å²) in [5.41, 5.74) is 6.57. The Morgan fingerprint density at radius 2 is 1.73 bits per heavy atom. The highest BCUT2D eigenvalue weighted by Gasteiger charge is 2.33. The van der Waals surface area contributed by atoms with Crippen molar-refractivity contribution < 1.29 is 9.59 Å². The lowest BCUT2D eigenvalue weighted by molar-refractivity contribution is -0.125. The highest BCUT2D eigenvalue weighted by atomic mass is 16.2. The van der Waals surface area contributed by atoms with Crippen LogP contribution in [0.1, 0.15) is 49.9 Å². The summed E-state index contributed by atoms with van der Waals surface area (Å²) in [5.74, 6) is -0.145. The lowest BCUT2D eigenvalue weighted by Gasteiger charge is -2.28. The molecule has 144 valence electrons. The molecular weight excluding hydrogens is 328 g/mol. The second-order valence-electron chi connectivity index (χ2n) is 7.03. The van der Waals surface area contributed by atoms with Crippen LogP contribution in [0.4, 0.5) is 5.69 Å². The van der Waals surface area contributed by atoms with E-state index in [-0.39, 0.29) is 11.8 Å². The van der Waals surface area contributed by atoms with Gasteiger partial charge in [-0.3, -0.25) is 9.59 Å². The summed E-state index contributed by atoms with van der Waals surface area (Å²) in [5, 5.41) is 5.88. The molecular formula is C20H32N4O2. The van der Waals surface area contributed by atoms with Crippen molar-refractivity contribution >= 4 is 17.5 Å². The minimum absolute atomic E-state index is 0.0622. The first-order chi connectivity index (χ1) is 12.5. The van der Waals surface area contributed by atoms with E-state index in [0.717, 1.165) is 19.6 Å². The normalized spacial score (nSPS) is 15.0. The molecule has 4 N–H and O–H groups in total. The van der Waals surface area contributed by atoms with Crippen molar-refractivity contribution in [3.05, 3.63) is 29.8 Å². The largest absolute Gasteiger partial charge is 0.351 e. The first kappa shape index (κ1) is 20.4. The smallest absolute Gasteiger partial charge is 0.251 e. The number of likely N-dealkylation sites (tertiary alicyclic amines) is 1. The van der Waals surface area contributed by atoms with Crippen LogP contribution in [0.3, 0.4) is 0 Å². The Bertz CT molecular complexity index is 582. The molecule has 1 aliphatic heterocycles. The Balaban J connectivity index is 1.86. The van der Waals surface area contributed by atoms with E-state index in [2.05, 4.69) is 15.5 Å². The van der Waals surface area contributed by atoms with Crippen LogP contribution in [0.2, 0.25) is 0 Å². The molecule has 1 heterocycles. The second-order valence-corrected chi connectivity index (χ2v) is 7.03. The van der Waals surface area contributed by atoms with Crippen molar-refractivity contribution in [1.29, 1.82) is 0 Å². The number of nitrogens with two attached hydrogens (primary N) is 1. The lowest BCUT2D eigenvalue weighted by Crippen LogP contribution is -2.41. The molecule has 0 radical (unpaired) electrons. The van der Waals surface area contributed by atoms with Gasteiger partial charge in [-0.25, -0.2) is 0 Å². The van der Waals surface area contributed by atoms with Crippen molar-refractivity contribution in [2.75, 3.05) is 38.0 Å². The molecule has 0 aromatic heterocycles. The molecule has 0 aliphatic carbocycles. The molecule has 2 rings (SSSR count). The number of carbonyl (C=O) groups is 2. The fourth-order valence-electron chi connectivity index (χ4n) is 3.36. The minimum atomic E-state index is -0.536. The molecule has 6 nitrogen and oxygen atoms in total. The number of rotatable bonds is 9. The van der Waals surface area contributed by atoms with Crippen LogP contribution in [0.5, 0.6) is 0 Å². The quantitative estimate of drug-likeness (QED) is 0.630. The molecule has 0 saturated carbocycles. The first-order valence-corrected chi connectivity index (χ1v) is 9.66. The summed E-state index contributed by atoms with van der Waals surface area (Å²) >= 11 is 0. The zero-order chi connectivity index (χ0) is 19.0. The Kier molecular flexibility index (Phi) is 7.60. The van der Waals surface area contributed by atoms with Crippen LogP contribution in [-0.4, -0.2) is 49.4 Å². The van der Waals surface area contributed by atoms with E-state index in [1.165, 1.54) is 12.8 Å². The van der Waals surface area contributed by atoms with E-state index in [1.807, 2.05) is 13.8 Å². The molecule has 6 heteroatoms. The van der Waals surface area contributed by atoms with Gasteiger partial charge >= 0.3 is 0 Å². The average Bonchev–Trinajstić information content (AvgIpc) is 3.17. The Labute approximate surface area is 156 Å². The van der Waals surface area contributed by atoms with Crippen molar-refractivity contribution in [2.45, 2.75) is 39.5 Å². The third kappa shape index (κ3) is 5.05. The van der Waals surface area contributed by atoms with Crippen LogP contribution < -0.4 is 16.4 Å². The molecule has 0 unspecified atom stereocenters. The molecule has 0 spiro atoms. The third-order valence-electron chi connectivity index (χ3n) is 5.54. The van der Waals surface area contributed by atoms with Crippen molar-refractivity contribution in [3.63, 3.8) is 0 Å². The van der Waals surface area contributed by atoms with Gasteiger partial charge in [0.25, 0.3) is 5.91 Å². The molecule has 1 aromatic rings. The maximum absolute atomic E-state index is 12.5. The number of anilines is 1. The van der Waals surface area contributed by atoms with Crippen molar-refractivity contribution in [2.24, 2.45) is 11.1 Å². The van der Waals surface area contributed by atoms with Gasteiger partial charge in [0, 0.05) is 30.9 Å². The average molecular weight is 361 g/mol. The molecule has 1 aliphatic rings. The topological polar surface area (TPSA) is 87.5 Å².